The van der Waals surface area contributed by atoms with Crippen molar-refractivity contribution in [1.29, 1.82) is 0 Å². The fourth-order valence-corrected chi connectivity index (χ4v) is 6.09. The van der Waals surface area contributed by atoms with Gasteiger partial charge in [0.05, 0.1) is 12.5 Å². The molecule has 6 atom stereocenters. The maximum absolute atomic E-state index is 14.6. The number of rotatable bonds is 9. The molecule has 0 unspecified atom stereocenters. The lowest BCUT2D eigenvalue weighted by Gasteiger charge is -2.38. The molecule has 3 N–H and O–H groups in total. The zero-order valence-corrected chi connectivity index (χ0v) is 23.4. The van der Waals surface area contributed by atoms with Crippen molar-refractivity contribution in [3.63, 3.8) is 0 Å². The van der Waals surface area contributed by atoms with Crippen LogP contribution in [0.2, 0.25) is 0 Å². The summed E-state index contributed by atoms with van der Waals surface area (Å²) in [6.45, 7) is 5.87. The van der Waals surface area contributed by atoms with Crippen LogP contribution in [-0.2, 0) is 24.0 Å². The van der Waals surface area contributed by atoms with Crippen molar-refractivity contribution in [3.05, 3.63) is 0 Å². The number of carbonyl (C=O) groups excluding carboxylic acids is 5. The monoisotopic (exact) mass is 573 g/mol. The van der Waals surface area contributed by atoms with E-state index in [-0.39, 0.29) is 43.7 Å². The van der Waals surface area contributed by atoms with Gasteiger partial charge in [-0.25, -0.2) is 13.8 Å². The molecule has 2 saturated heterocycles. The highest BCUT2D eigenvalue weighted by atomic mass is 35.5. The molecule has 10 nitrogen and oxygen atoms in total. The minimum absolute atomic E-state index is 0.0356. The Morgan fingerprint density at radius 2 is 1.92 bits per heavy atom. The molecule has 0 bridgehead atoms. The molecule has 0 aromatic rings. The first kappa shape index (κ1) is 29.5. The Bertz CT molecular complexity index is 1020. The molecule has 4 aliphatic rings. The van der Waals surface area contributed by atoms with E-state index in [0.717, 1.165) is 17.9 Å². The Morgan fingerprint density at radius 1 is 1.23 bits per heavy atom. The SMILES string of the molecule is CCC(C)(C)[C@H](NC(=O)C1(F)CC1)C(=O)N1C[C@@H]2CCC[C@@H]2[C@H]1C(=O)NN(C[C@@H]1CCNC1=O)C(=O)[C@H](F)Cl. The number of hydrazine groups is 1. The zero-order valence-electron chi connectivity index (χ0n) is 22.6. The summed E-state index contributed by atoms with van der Waals surface area (Å²) in [5.41, 5.74) is -2.70. The molecule has 2 saturated carbocycles. The van der Waals surface area contributed by atoms with Crippen LogP contribution in [0.3, 0.4) is 0 Å². The van der Waals surface area contributed by atoms with Gasteiger partial charge in [0, 0.05) is 13.1 Å². The van der Waals surface area contributed by atoms with E-state index in [1.165, 1.54) is 4.90 Å². The Balaban J connectivity index is 1.58. The van der Waals surface area contributed by atoms with Gasteiger partial charge in [-0.1, -0.05) is 38.8 Å². The molecule has 5 amide bonds. The summed E-state index contributed by atoms with van der Waals surface area (Å²) in [6.07, 6.45) is 3.45. The maximum atomic E-state index is 14.6. The van der Waals surface area contributed by atoms with Crippen molar-refractivity contribution in [1.82, 2.24) is 26.0 Å². The van der Waals surface area contributed by atoms with Crippen LogP contribution in [0.4, 0.5) is 8.78 Å². The first-order chi connectivity index (χ1) is 18.3. The zero-order chi connectivity index (χ0) is 28.7. The number of nitrogens with zero attached hydrogens (tertiary/aromatic N) is 2. The van der Waals surface area contributed by atoms with Crippen molar-refractivity contribution in [3.8, 4) is 0 Å². The van der Waals surface area contributed by atoms with Crippen LogP contribution in [-0.4, -0.2) is 82.5 Å². The average molecular weight is 574 g/mol. The third-order valence-electron chi connectivity index (χ3n) is 9.02. The smallest absolute Gasteiger partial charge is 0.291 e. The second-order valence-corrected chi connectivity index (χ2v) is 12.4. The maximum Gasteiger partial charge on any atom is 0.291 e. The number of alkyl halides is 3. The molecule has 0 radical (unpaired) electrons. The standard InChI is InChI=1S/C26H38ClF2N5O5/c1-4-25(2,3)18(31-24(39)26(29)9-10-26)22(37)33-12-14-6-5-7-16(14)17(33)21(36)32-34(23(38)19(27)28)13-15-8-11-30-20(15)35/h14-19H,4-13H2,1-3H3,(H,30,35)(H,31,39)(H,32,36)/t14-,15-,16-,17-,18+,19-/m0/s1. The van der Waals surface area contributed by atoms with Gasteiger partial charge in [0.2, 0.25) is 11.8 Å². The Hall–Kier alpha value is -2.50. The summed E-state index contributed by atoms with van der Waals surface area (Å²) in [5.74, 6) is -4.35. The molecule has 13 heteroatoms. The summed E-state index contributed by atoms with van der Waals surface area (Å²) in [6, 6.07) is -2.06. The number of likely N-dealkylation sites (tertiary alicyclic amines) is 1. The predicted octanol–water partition coefficient (Wildman–Crippen LogP) is 1.57. The summed E-state index contributed by atoms with van der Waals surface area (Å²) in [7, 11) is 0. The normalized spacial score (nSPS) is 28.8. The van der Waals surface area contributed by atoms with Crippen LogP contribution >= 0.6 is 11.6 Å². The summed E-state index contributed by atoms with van der Waals surface area (Å²) >= 11 is 5.41. The van der Waals surface area contributed by atoms with Gasteiger partial charge in [0.1, 0.15) is 12.1 Å². The van der Waals surface area contributed by atoms with E-state index < -0.39 is 58.3 Å². The molecule has 0 aromatic heterocycles. The second kappa shape index (κ2) is 11.2. The Kier molecular flexibility index (Phi) is 8.45. The van der Waals surface area contributed by atoms with Gasteiger partial charge in [-0.3, -0.25) is 29.4 Å². The van der Waals surface area contributed by atoms with Crippen LogP contribution in [0.25, 0.3) is 0 Å². The van der Waals surface area contributed by atoms with Crippen molar-refractivity contribution in [2.24, 2.45) is 23.2 Å². The highest BCUT2D eigenvalue weighted by molar-refractivity contribution is 6.29. The molecule has 39 heavy (non-hydrogen) atoms. The third-order valence-corrected chi connectivity index (χ3v) is 9.20. The van der Waals surface area contributed by atoms with E-state index in [2.05, 4.69) is 16.1 Å². The number of halogens is 3. The van der Waals surface area contributed by atoms with Gasteiger partial charge in [0.15, 0.2) is 5.67 Å². The average Bonchev–Trinajstić information content (AvgIpc) is 3.19. The van der Waals surface area contributed by atoms with Crippen LogP contribution in [0.1, 0.15) is 65.7 Å². The van der Waals surface area contributed by atoms with E-state index in [4.69, 9.17) is 11.6 Å². The fourth-order valence-electron chi connectivity index (χ4n) is 5.97. The lowest BCUT2D eigenvalue weighted by atomic mass is 9.80. The third kappa shape index (κ3) is 6.00. The van der Waals surface area contributed by atoms with E-state index in [9.17, 15) is 32.8 Å². The summed E-state index contributed by atoms with van der Waals surface area (Å²) < 4.78 is 28.4. The molecule has 2 aliphatic heterocycles. The first-order valence-corrected chi connectivity index (χ1v) is 14.2. The highest BCUT2D eigenvalue weighted by Gasteiger charge is 2.55. The van der Waals surface area contributed by atoms with E-state index in [1.54, 1.807) is 13.8 Å². The van der Waals surface area contributed by atoms with E-state index >= 15 is 0 Å². The molecule has 4 rings (SSSR count). The Labute approximate surface area is 231 Å². The van der Waals surface area contributed by atoms with Gasteiger partial charge >= 0.3 is 0 Å². The van der Waals surface area contributed by atoms with Crippen molar-refractivity contribution in [2.45, 2.75) is 89.1 Å². The summed E-state index contributed by atoms with van der Waals surface area (Å²) in [4.78, 5) is 66.4. The van der Waals surface area contributed by atoms with Crippen molar-refractivity contribution < 1.29 is 32.8 Å². The van der Waals surface area contributed by atoms with Crippen LogP contribution in [0.5, 0.6) is 0 Å². The first-order valence-electron chi connectivity index (χ1n) is 13.8. The molecule has 0 spiro atoms. The highest BCUT2D eigenvalue weighted by Crippen LogP contribution is 2.44. The van der Waals surface area contributed by atoms with Gasteiger partial charge in [-0.2, -0.15) is 0 Å². The largest absolute Gasteiger partial charge is 0.356 e. The fraction of sp³-hybridized carbons (Fsp3) is 0.808. The Morgan fingerprint density at radius 3 is 2.49 bits per heavy atom. The van der Waals surface area contributed by atoms with Gasteiger partial charge < -0.3 is 15.5 Å². The number of nitrogens with one attached hydrogen (secondary N) is 3. The van der Waals surface area contributed by atoms with E-state index in [0.29, 0.717) is 25.8 Å². The van der Waals surface area contributed by atoms with Gasteiger partial charge in [0.25, 0.3) is 23.4 Å². The number of carbonyl (C=O) groups is 5. The minimum atomic E-state index is -2.43. The van der Waals surface area contributed by atoms with Crippen LogP contribution in [0.15, 0.2) is 0 Å². The topological polar surface area (TPSA) is 128 Å². The number of fused-ring (bicyclic) bond motifs is 1. The predicted molar refractivity (Wildman–Crippen MR) is 137 cm³/mol. The number of hydrogen-bond acceptors (Lipinski definition) is 5. The summed E-state index contributed by atoms with van der Waals surface area (Å²) in [5, 5.41) is 5.99. The van der Waals surface area contributed by atoms with Crippen molar-refractivity contribution in [2.75, 3.05) is 19.6 Å². The van der Waals surface area contributed by atoms with Gasteiger partial charge in [-0.15, -0.1) is 0 Å². The molecule has 0 aromatic carbocycles. The molecule has 218 valence electrons. The lowest BCUT2D eigenvalue weighted by molar-refractivity contribution is -0.151. The van der Waals surface area contributed by atoms with Crippen molar-refractivity contribution >= 4 is 41.1 Å². The van der Waals surface area contributed by atoms with Gasteiger partial charge in [-0.05, 0) is 55.8 Å². The molecule has 2 aliphatic carbocycles. The van der Waals surface area contributed by atoms with E-state index in [1.807, 2.05) is 6.92 Å². The quantitative estimate of drug-likeness (QED) is 0.285. The second-order valence-electron chi connectivity index (χ2n) is 12.0. The minimum Gasteiger partial charge on any atom is -0.356 e. The molecule has 4 fully saturated rings. The number of amides is 5. The lowest BCUT2D eigenvalue weighted by Crippen LogP contribution is -2.61. The number of hydrogen-bond donors (Lipinski definition) is 3. The molecule has 2 heterocycles. The molecular weight excluding hydrogens is 536 g/mol. The van der Waals surface area contributed by atoms with Crippen LogP contribution in [0, 0.1) is 23.2 Å². The van der Waals surface area contributed by atoms with Crippen LogP contribution < -0.4 is 16.1 Å². The molecular formula is C26H38ClF2N5O5.